The molecule has 5 N–H and O–H groups in total. The lowest BCUT2D eigenvalue weighted by Gasteiger charge is -2.25. The van der Waals surface area contributed by atoms with Crippen molar-refractivity contribution in [3.8, 4) is 6.01 Å². The number of hydrogen-bond acceptors (Lipinski definition) is 11. The van der Waals surface area contributed by atoms with Crippen molar-refractivity contribution in [2.75, 3.05) is 35.6 Å². The Morgan fingerprint density at radius 2 is 1.44 bits per heavy atom. The maximum absolute atomic E-state index is 13.0. The zero-order valence-electron chi connectivity index (χ0n) is 28.9. The fraction of sp³-hybridized carbons (Fsp3) is 0.278. The number of amides is 3. The molecule has 0 unspecified atom stereocenters. The maximum atomic E-state index is 13.0. The zero-order chi connectivity index (χ0) is 38.5. The predicted molar refractivity (Wildman–Crippen MR) is 194 cm³/mol. The number of hydrogen-bond donors (Lipinski definition) is 5. The van der Waals surface area contributed by atoms with Crippen LogP contribution < -0.4 is 31.3 Å². The minimum Gasteiger partial charge on any atom is -0.454 e. The van der Waals surface area contributed by atoms with Crippen LogP contribution in [0.25, 0.3) is 11.0 Å². The molecule has 0 atom stereocenters. The molecule has 54 heavy (non-hydrogen) atoms. The van der Waals surface area contributed by atoms with Crippen molar-refractivity contribution in [3.05, 3.63) is 95.3 Å². The molecule has 18 heteroatoms. The summed E-state index contributed by atoms with van der Waals surface area (Å²) in [6.45, 7) is 2.28. The standard InChI is InChI=1S/C36H34ClF3N10O4/c1-34(2,19-44-29(52)30(53)45-25-11-12-26-27(17-25)42-16-15-41-26)18-43-28(51)21-3-9-24(10-4-21)46-31-47-32(49-33(48-31)54-20-36(38,39)40)50-35(13-14-35)22-5-7-23(37)8-6-22/h3-12,15-17H,13-14,18-20H2,1-2H3,(H,43,51)(H,44,52)(H,45,53)(H2,46,47,48,49,50). The molecule has 6 rings (SSSR count). The van der Waals surface area contributed by atoms with E-state index in [0.717, 1.165) is 18.4 Å². The summed E-state index contributed by atoms with van der Waals surface area (Å²) in [4.78, 5) is 58.7. The average Bonchev–Trinajstić information content (AvgIpc) is 3.92. The third kappa shape index (κ3) is 10.1. The van der Waals surface area contributed by atoms with Gasteiger partial charge in [0, 0.05) is 47.4 Å². The summed E-state index contributed by atoms with van der Waals surface area (Å²) < 4.78 is 43.7. The van der Waals surface area contributed by atoms with Crippen LogP contribution in [0, 0.1) is 5.41 Å². The number of halogens is 4. The first-order valence-electron chi connectivity index (χ1n) is 16.6. The number of ether oxygens (including phenoxy) is 1. The maximum Gasteiger partial charge on any atom is 0.422 e. The summed E-state index contributed by atoms with van der Waals surface area (Å²) in [5.41, 5.74) is 2.10. The molecule has 0 spiro atoms. The van der Waals surface area contributed by atoms with Crippen LogP contribution in [-0.4, -0.2) is 68.5 Å². The average molecular weight is 763 g/mol. The SMILES string of the molecule is CC(C)(CNC(=O)C(=O)Nc1ccc2nccnc2c1)CNC(=O)c1ccc(Nc2nc(NC3(c4ccc(Cl)cc4)CC3)nc(OCC(F)(F)F)n2)cc1. The largest absolute Gasteiger partial charge is 0.454 e. The van der Waals surface area contributed by atoms with Crippen molar-refractivity contribution in [2.45, 2.75) is 38.4 Å². The van der Waals surface area contributed by atoms with Gasteiger partial charge in [-0.05, 0) is 78.4 Å². The second-order valence-corrected chi connectivity index (χ2v) is 13.8. The molecule has 0 aliphatic heterocycles. The van der Waals surface area contributed by atoms with Crippen LogP contribution in [0.1, 0.15) is 42.6 Å². The number of fused-ring (bicyclic) bond motifs is 1. The fourth-order valence-electron chi connectivity index (χ4n) is 5.22. The van der Waals surface area contributed by atoms with Gasteiger partial charge in [-0.25, -0.2) is 0 Å². The smallest absolute Gasteiger partial charge is 0.422 e. The normalized spacial score (nSPS) is 13.4. The molecule has 3 aromatic carbocycles. The van der Waals surface area contributed by atoms with E-state index in [9.17, 15) is 27.6 Å². The van der Waals surface area contributed by atoms with Crippen LogP contribution in [-0.2, 0) is 15.1 Å². The number of aromatic nitrogens is 5. The summed E-state index contributed by atoms with van der Waals surface area (Å²) in [5, 5.41) is 14.7. The van der Waals surface area contributed by atoms with Crippen LogP contribution in [0.15, 0.2) is 79.1 Å². The molecule has 280 valence electrons. The minimum absolute atomic E-state index is 0.00722. The lowest BCUT2D eigenvalue weighted by atomic mass is 9.93. The van der Waals surface area contributed by atoms with E-state index < -0.39 is 47.5 Å². The quantitative estimate of drug-likeness (QED) is 0.0919. The number of alkyl halides is 3. The Bertz CT molecular complexity index is 2170. The number of carbonyl (C=O) groups excluding carboxylic acids is 3. The monoisotopic (exact) mass is 762 g/mol. The molecular weight excluding hydrogens is 729 g/mol. The number of carbonyl (C=O) groups is 3. The Kier molecular flexibility index (Phi) is 10.8. The summed E-state index contributed by atoms with van der Waals surface area (Å²) in [6, 6.07) is 17.8. The first-order valence-corrected chi connectivity index (χ1v) is 17.0. The summed E-state index contributed by atoms with van der Waals surface area (Å²) in [5.74, 6) is -2.17. The van der Waals surface area contributed by atoms with E-state index in [4.69, 9.17) is 16.3 Å². The first kappa shape index (κ1) is 37.7. The van der Waals surface area contributed by atoms with Gasteiger partial charge in [0.2, 0.25) is 11.9 Å². The molecule has 2 aromatic heterocycles. The fourth-order valence-corrected chi connectivity index (χ4v) is 5.35. The molecular formula is C36H34ClF3N10O4. The van der Waals surface area contributed by atoms with Crippen LogP contribution in [0.2, 0.25) is 5.02 Å². The van der Waals surface area contributed by atoms with Crippen LogP contribution in [0.4, 0.5) is 36.4 Å². The number of anilines is 4. The van der Waals surface area contributed by atoms with Gasteiger partial charge in [-0.3, -0.25) is 24.4 Å². The van der Waals surface area contributed by atoms with E-state index in [-0.39, 0.29) is 25.0 Å². The summed E-state index contributed by atoms with van der Waals surface area (Å²) in [7, 11) is 0. The molecule has 0 radical (unpaired) electrons. The van der Waals surface area contributed by atoms with Crippen molar-refractivity contribution < 1.29 is 32.3 Å². The van der Waals surface area contributed by atoms with Crippen molar-refractivity contribution in [1.82, 2.24) is 35.6 Å². The van der Waals surface area contributed by atoms with E-state index in [0.29, 0.717) is 33.0 Å². The third-order valence-electron chi connectivity index (χ3n) is 8.27. The number of rotatable bonds is 13. The van der Waals surface area contributed by atoms with Crippen LogP contribution in [0.5, 0.6) is 6.01 Å². The Hall–Kier alpha value is -6.10. The molecule has 0 bridgehead atoms. The van der Waals surface area contributed by atoms with Gasteiger partial charge in [0.25, 0.3) is 5.91 Å². The molecule has 1 aliphatic rings. The van der Waals surface area contributed by atoms with Crippen molar-refractivity contribution in [1.29, 1.82) is 0 Å². The van der Waals surface area contributed by atoms with Crippen molar-refractivity contribution in [2.24, 2.45) is 5.41 Å². The molecule has 1 saturated carbocycles. The Morgan fingerprint density at radius 3 is 2.13 bits per heavy atom. The van der Waals surface area contributed by atoms with Gasteiger partial charge in [-0.1, -0.05) is 37.6 Å². The molecule has 5 aromatic rings. The highest BCUT2D eigenvalue weighted by Gasteiger charge is 2.45. The highest BCUT2D eigenvalue weighted by atomic mass is 35.5. The van der Waals surface area contributed by atoms with E-state index in [2.05, 4.69) is 51.5 Å². The number of nitrogens with zero attached hydrogens (tertiary/aromatic N) is 5. The minimum atomic E-state index is -4.61. The Labute approximate surface area is 311 Å². The van der Waals surface area contributed by atoms with Gasteiger partial charge in [0.1, 0.15) is 0 Å². The van der Waals surface area contributed by atoms with Crippen LogP contribution in [0.3, 0.4) is 0 Å². The number of benzene rings is 3. The van der Waals surface area contributed by atoms with Gasteiger partial charge >= 0.3 is 24.0 Å². The molecule has 3 amide bonds. The van der Waals surface area contributed by atoms with Gasteiger partial charge in [0.15, 0.2) is 6.61 Å². The summed E-state index contributed by atoms with van der Waals surface area (Å²) in [6.07, 6.45) is -0.0675. The molecule has 1 fully saturated rings. The highest BCUT2D eigenvalue weighted by molar-refractivity contribution is 6.39. The van der Waals surface area contributed by atoms with E-state index in [1.165, 1.54) is 18.3 Å². The van der Waals surface area contributed by atoms with Gasteiger partial charge in [-0.15, -0.1) is 0 Å². The molecule has 0 saturated heterocycles. The second-order valence-electron chi connectivity index (χ2n) is 13.3. The van der Waals surface area contributed by atoms with Gasteiger partial charge in [0.05, 0.1) is 16.6 Å². The van der Waals surface area contributed by atoms with Crippen LogP contribution >= 0.6 is 11.6 Å². The lowest BCUT2D eigenvalue weighted by molar-refractivity contribution is -0.154. The molecule has 2 heterocycles. The summed E-state index contributed by atoms with van der Waals surface area (Å²) >= 11 is 6.03. The number of nitrogens with one attached hydrogen (secondary N) is 5. The highest BCUT2D eigenvalue weighted by Crippen LogP contribution is 2.48. The van der Waals surface area contributed by atoms with Crippen molar-refractivity contribution in [3.63, 3.8) is 0 Å². The van der Waals surface area contributed by atoms with E-state index in [1.807, 2.05) is 26.0 Å². The van der Waals surface area contributed by atoms with E-state index >= 15 is 0 Å². The third-order valence-corrected chi connectivity index (χ3v) is 8.52. The van der Waals surface area contributed by atoms with E-state index in [1.54, 1.807) is 48.7 Å². The first-order chi connectivity index (χ1) is 25.7. The predicted octanol–water partition coefficient (Wildman–Crippen LogP) is 5.77. The zero-order valence-corrected chi connectivity index (χ0v) is 29.7. The van der Waals surface area contributed by atoms with Gasteiger partial charge in [-0.2, -0.15) is 28.1 Å². The van der Waals surface area contributed by atoms with Crippen molar-refractivity contribution >= 4 is 63.6 Å². The van der Waals surface area contributed by atoms with Gasteiger partial charge < -0.3 is 31.3 Å². The molecule has 1 aliphatic carbocycles. The Balaban J connectivity index is 1.03. The Morgan fingerprint density at radius 1 is 0.796 bits per heavy atom. The lowest BCUT2D eigenvalue weighted by Crippen LogP contribution is -2.44. The second kappa shape index (κ2) is 15.5. The molecule has 14 nitrogen and oxygen atoms in total. The topological polar surface area (TPSA) is 185 Å².